The number of rotatable bonds is 17. The molecule has 0 saturated heterocycles. The van der Waals surface area contributed by atoms with Crippen molar-refractivity contribution >= 4 is 0 Å². The molecule has 0 amide bonds. The van der Waals surface area contributed by atoms with Crippen LogP contribution in [-0.4, -0.2) is 101 Å². The van der Waals surface area contributed by atoms with Crippen LogP contribution in [0.1, 0.15) is 20.8 Å². The third-order valence-corrected chi connectivity index (χ3v) is 7.22. The summed E-state index contributed by atoms with van der Waals surface area (Å²) in [6.45, 7) is -2.47. The average Bonchev–Trinajstić information content (AvgIpc) is 2.94. The summed E-state index contributed by atoms with van der Waals surface area (Å²) in [4.78, 5) is 0. The van der Waals surface area contributed by atoms with E-state index in [1.165, 1.54) is 0 Å². The lowest BCUT2D eigenvalue weighted by Crippen LogP contribution is -2.80. The second-order valence-corrected chi connectivity index (χ2v) is 11.3. The first-order chi connectivity index (χ1) is 22.9. The van der Waals surface area contributed by atoms with Gasteiger partial charge in [-0.2, -0.15) is 149 Å². The summed E-state index contributed by atoms with van der Waals surface area (Å²) < 4.78 is 465. The van der Waals surface area contributed by atoms with Gasteiger partial charge in [0.1, 0.15) is 0 Å². The van der Waals surface area contributed by atoms with Gasteiger partial charge in [-0.1, -0.05) is 13.8 Å². The van der Waals surface area contributed by atoms with Gasteiger partial charge in [0, 0.05) is 12.8 Å². The van der Waals surface area contributed by atoms with Crippen LogP contribution in [0.3, 0.4) is 0 Å². The van der Waals surface area contributed by atoms with Crippen molar-refractivity contribution in [2.45, 2.75) is 121 Å². The van der Waals surface area contributed by atoms with Crippen molar-refractivity contribution in [3.8, 4) is 0 Å². The monoisotopic (exact) mass is 908 g/mol. The molecule has 0 rings (SSSR count). The van der Waals surface area contributed by atoms with Crippen LogP contribution in [-0.2, 0) is 0 Å². The van der Waals surface area contributed by atoms with E-state index in [1.807, 2.05) is 0 Å². The Kier molecular flexibility index (Phi) is 12.0. The summed E-state index contributed by atoms with van der Waals surface area (Å²) in [5.41, 5.74) is 0. The Labute approximate surface area is 278 Å². The maximum absolute atomic E-state index is 13.9. The zero-order valence-electron chi connectivity index (χ0n) is 24.9. The lowest BCUT2D eigenvalue weighted by atomic mass is 9.82. The summed E-state index contributed by atoms with van der Waals surface area (Å²) in [6.07, 6.45) is 0. The SMILES string of the molecule is CC(C)C(F)(F)C(F)(F)C(F)(F)C(F)(F)C(F)(F)C(F)(F)C(F)(F)C(F)(F)C(F)(F)C(F)(F)C(F)(F)C(F)(F)C(F)(F)C(F)(F)C(F)(F)C(F)(F)C(C)(F)F. The van der Waals surface area contributed by atoms with E-state index in [0.717, 1.165) is 0 Å². The van der Waals surface area contributed by atoms with Gasteiger partial charge in [0.05, 0.1) is 0 Å². The molecule has 0 aliphatic heterocycles. The van der Waals surface area contributed by atoms with Gasteiger partial charge in [0.2, 0.25) is 0 Å². The van der Waals surface area contributed by atoms with Crippen LogP contribution in [0.4, 0.5) is 149 Å². The standard InChI is InChI=1S/C21H10F34/c1-4(2)6(24,25)8(28,29)10(32,33)12(36,37)14(40,41)16(44,45)18(48,49)20(52,53)21(54,55)19(50,51)17(46,47)15(42,43)13(38,39)11(34,35)9(30,31)7(26,27)5(3,22)23/h4H,1-3H3. The van der Waals surface area contributed by atoms with E-state index in [9.17, 15) is 149 Å². The summed E-state index contributed by atoms with van der Waals surface area (Å²) in [5.74, 6) is -162. The zero-order chi connectivity index (χ0) is 46.1. The third-order valence-electron chi connectivity index (χ3n) is 7.22. The van der Waals surface area contributed by atoms with Crippen LogP contribution in [0.15, 0.2) is 0 Å². The fraction of sp³-hybridized carbons (Fsp3) is 1.00. The normalized spacial score (nSPS) is 17.3. The van der Waals surface area contributed by atoms with Gasteiger partial charge in [-0.05, 0) is 0 Å². The molecular weight excluding hydrogens is 898 g/mol. The highest BCUT2D eigenvalue weighted by Gasteiger charge is 3.02. The minimum Gasteiger partial charge on any atom is -0.200 e. The van der Waals surface area contributed by atoms with Gasteiger partial charge in [0.25, 0.3) is 0 Å². The molecule has 0 radical (unpaired) electrons. The first kappa shape index (κ1) is 52.6. The van der Waals surface area contributed by atoms with Crippen molar-refractivity contribution in [3.05, 3.63) is 0 Å². The van der Waals surface area contributed by atoms with E-state index in [4.69, 9.17) is 0 Å². The van der Waals surface area contributed by atoms with Gasteiger partial charge in [-0.25, -0.2) is 0 Å². The van der Waals surface area contributed by atoms with Crippen LogP contribution in [0, 0.1) is 5.92 Å². The molecule has 0 aliphatic carbocycles. The van der Waals surface area contributed by atoms with Crippen molar-refractivity contribution in [2.24, 2.45) is 5.92 Å². The molecule has 332 valence electrons. The molecular formula is C21H10F34. The molecule has 0 spiro atoms. The second-order valence-electron chi connectivity index (χ2n) is 11.3. The third kappa shape index (κ3) is 5.83. The van der Waals surface area contributed by atoms with E-state index in [1.54, 1.807) is 0 Å². The Bertz CT molecular complexity index is 1390. The molecule has 0 nitrogen and oxygen atoms in total. The minimum atomic E-state index is -10.2. The lowest BCUT2D eigenvalue weighted by Gasteiger charge is -2.47. The lowest BCUT2D eigenvalue weighted by molar-refractivity contribution is -0.491. The summed E-state index contributed by atoms with van der Waals surface area (Å²) in [5, 5.41) is 0. The van der Waals surface area contributed by atoms with Crippen LogP contribution in [0.2, 0.25) is 0 Å². The van der Waals surface area contributed by atoms with Gasteiger partial charge in [-0.3, -0.25) is 0 Å². The number of hydrogen-bond donors (Lipinski definition) is 0. The molecule has 34 heteroatoms. The first-order valence-electron chi connectivity index (χ1n) is 12.4. The smallest absolute Gasteiger partial charge is 0.200 e. The van der Waals surface area contributed by atoms with E-state index < -0.39 is 127 Å². The number of hydrogen-bond acceptors (Lipinski definition) is 0. The summed E-state index contributed by atoms with van der Waals surface area (Å²) >= 11 is 0. The first-order valence-corrected chi connectivity index (χ1v) is 12.4. The number of halogens is 34. The zero-order valence-corrected chi connectivity index (χ0v) is 24.9. The quantitative estimate of drug-likeness (QED) is 0.128. The van der Waals surface area contributed by atoms with Crippen molar-refractivity contribution in [3.63, 3.8) is 0 Å². The van der Waals surface area contributed by atoms with E-state index in [0.29, 0.717) is 0 Å². The van der Waals surface area contributed by atoms with Gasteiger partial charge >= 0.3 is 101 Å². The van der Waals surface area contributed by atoms with Gasteiger partial charge in [0.15, 0.2) is 0 Å². The van der Waals surface area contributed by atoms with Gasteiger partial charge in [-0.15, -0.1) is 0 Å². The molecule has 0 aromatic carbocycles. The highest BCUT2D eigenvalue weighted by atomic mass is 19.4. The maximum atomic E-state index is 13.9. The molecule has 0 unspecified atom stereocenters. The molecule has 0 aromatic rings. The number of alkyl halides is 34. The molecule has 0 aliphatic rings. The fourth-order valence-electron chi connectivity index (χ4n) is 3.41. The topological polar surface area (TPSA) is 0 Å². The highest BCUT2D eigenvalue weighted by molar-refractivity contribution is 5.22. The van der Waals surface area contributed by atoms with Crippen molar-refractivity contribution in [2.75, 3.05) is 0 Å². The van der Waals surface area contributed by atoms with Gasteiger partial charge < -0.3 is 0 Å². The van der Waals surface area contributed by atoms with Crippen LogP contribution >= 0.6 is 0 Å². The Balaban J connectivity index is 7.82. The Hall–Kier alpha value is -2.38. The van der Waals surface area contributed by atoms with E-state index in [2.05, 4.69) is 0 Å². The Morgan fingerprint density at radius 3 is 0.418 bits per heavy atom. The predicted octanol–water partition coefficient (Wildman–Crippen LogP) is 12.5. The highest BCUT2D eigenvalue weighted by Crippen LogP contribution is 2.70. The molecule has 55 heavy (non-hydrogen) atoms. The maximum Gasteiger partial charge on any atom is 0.385 e. The fourth-order valence-corrected chi connectivity index (χ4v) is 3.41. The summed E-state index contributed by atoms with van der Waals surface area (Å²) in [6, 6.07) is 0. The van der Waals surface area contributed by atoms with Crippen molar-refractivity contribution in [1.82, 2.24) is 0 Å². The molecule has 0 saturated carbocycles. The summed E-state index contributed by atoms with van der Waals surface area (Å²) in [7, 11) is 0. The van der Waals surface area contributed by atoms with Crippen molar-refractivity contribution < 1.29 is 149 Å². The van der Waals surface area contributed by atoms with E-state index >= 15 is 0 Å². The predicted molar refractivity (Wildman–Crippen MR) is 105 cm³/mol. The second kappa shape index (κ2) is 12.6. The molecule has 0 N–H and O–H groups in total. The Morgan fingerprint density at radius 2 is 0.309 bits per heavy atom. The Morgan fingerprint density at radius 1 is 0.200 bits per heavy atom. The van der Waals surface area contributed by atoms with Crippen LogP contribution in [0.25, 0.3) is 0 Å². The van der Waals surface area contributed by atoms with Crippen molar-refractivity contribution in [1.29, 1.82) is 0 Å². The minimum absolute atomic E-state index is 0.396. The molecule has 0 aromatic heterocycles. The van der Waals surface area contributed by atoms with Crippen LogP contribution in [0.5, 0.6) is 0 Å². The largest absolute Gasteiger partial charge is 0.385 e. The average molecular weight is 908 g/mol. The van der Waals surface area contributed by atoms with Crippen LogP contribution < -0.4 is 0 Å². The van der Waals surface area contributed by atoms with E-state index in [-0.39, 0.29) is 0 Å². The molecule has 0 atom stereocenters. The molecule has 0 bridgehead atoms. The molecule has 0 heterocycles. The molecule has 0 fully saturated rings.